The molecule has 2 N–H and O–H groups in total. The van der Waals surface area contributed by atoms with Gasteiger partial charge in [0.1, 0.15) is 0 Å². The van der Waals surface area contributed by atoms with Gasteiger partial charge in [-0.3, -0.25) is 4.90 Å². The molecule has 0 unspecified atom stereocenters. The molecule has 98 valence electrons. The standard InChI is InChI=1S/C13H16Cl2N2S/c14-11-2-1-3-12(15)10(11)8-17-6-4-9(5-7-17)13(16)18/h1-3,9H,4-8H2,(H2,16,18). The maximum atomic E-state index is 6.18. The molecule has 1 heterocycles. The van der Waals surface area contributed by atoms with Gasteiger partial charge in [0.15, 0.2) is 0 Å². The summed E-state index contributed by atoms with van der Waals surface area (Å²) in [5.74, 6) is 0.387. The van der Waals surface area contributed by atoms with Gasteiger partial charge in [-0.1, -0.05) is 41.5 Å². The zero-order valence-corrected chi connectivity index (χ0v) is 12.4. The van der Waals surface area contributed by atoms with Crippen molar-refractivity contribution in [2.75, 3.05) is 13.1 Å². The van der Waals surface area contributed by atoms with Gasteiger partial charge in [0.2, 0.25) is 0 Å². The second-order valence-electron chi connectivity index (χ2n) is 4.65. The van der Waals surface area contributed by atoms with Crippen LogP contribution in [0, 0.1) is 5.92 Å². The predicted octanol–water partition coefficient (Wildman–Crippen LogP) is 3.49. The maximum absolute atomic E-state index is 6.18. The van der Waals surface area contributed by atoms with Crippen molar-refractivity contribution >= 4 is 40.4 Å². The SMILES string of the molecule is NC(=S)C1CCN(Cc2c(Cl)cccc2Cl)CC1. The van der Waals surface area contributed by atoms with Crippen LogP contribution in [0.5, 0.6) is 0 Å². The van der Waals surface area contributed by atoms with Crippen molar-refractivity contribution < 1.29 is 0 Å². The lowest BCUT2D eigenvalue weighted by atomic mass is 9.96. The number of hydrogen-bond acceptors (Lipinski definition) is 2. The number of likely N-dealkylation sites (tertiary alicyclic amines) is 1. The summed E-state index contributed by atoms with van der Waals surface area (Å²) in [6.07, 6.45) is 2.05. The molecule has 0 spiro atoms. The highest BCUT2D eigenvalue weighted by molar-refractivity contribution is 7.80. The Balaban J connectivity index is 1.98. The summed E-state index contributed by atoms with van der Waals surface area (Å²) in [6.45, 7) is 2.77. The van der Waals surface area contributed by atoms with Crippen LogP contribution in [0.15, 0.2) is 18.2 Å². The molecule has 0 amide bonds. The molecule has 2 rings (SSSR count). The lowest BCUT2D eigenvalue weighted by Gasteiger charge is -2.31. The van der Waals surface area contributed by atoms with Gasteiger partial charge in [0, 0.05) is 28.1 Å². The predicted molar refractivity (Wildman–Crippen MR) is 81.2 cm³/mol. The first-order chi connectivity index (χ1) is 8.58. The molecular formula is C13H16Cl2N2S. The fourth-order valence-corrected chi connectivity index (χ4v) is 3.04. The Morgan fingerprint density at radius 1 is 1.28 bits per heavy atom. The molecule has 0 bridgehead atoms. The van der Waals surface area contributed by atoms with Gasteiger partial charge in [-0.05, 0) is 38.1 Å². The summed E-state index contributed by atoms with van der Waals surface area (Å²) in [4.78, 5) is 2.99. The van der Waals surface area contributed by atoms with E-state index in [1.165, 1.54) is 0 Å². The van der Waals surface area contributed by atoms with Crippen LogP contribution >= 0.6 is 35.4 Å². The van der Waals surface area contributed by atoms with E-state index in [-0.39, 0.29) is 0 Å². The van der Waals surface area contributed by atoms with E-state index in [0.29, 0.717) is 10.9 Å². The molecule has 1 aliphatic rings. The van der Waals surface area contributed by atoms with Gasteiger partial charge in [0.25, 0.3) is 0 Å². The Morgan fingerprint density at radius 3 is 2.33 bits per heavy atom. The Morgan fingerprint density at radius 2 is 1.83 bits per heavy atom. The molecule has 1 aromatic carbocycles. The monoisotopic (exact) mass is 302 g/mol. The minimum atomic E-state index is 0.387. The van der Waals surface area contributed by atoms with E-state index in [2.05, 4.69) is 4.90 Å². The van der Waals surface area contributed by atoms with E-state index in [0.717, 1.165) is 48.1 Å². The number of benzene rings is 1. The lowest BCUT2D eigenvalue weighted by molar-refractivity contribution is 0.202. The van der Waals surface area contributed by atoms with Crippen LogP contribution < -0.4 is 5.73 Å². The molecule has 2 nitrogen and oxygen atoms in total. The number of hydrogen-bond donors (Lipinski definition) is 1. The van der Waals surface area contributed by atoms with Crippen molar-refractivity contribution in [3.05, 3.63) is 33.8 Å². The summed E-state index contributed by atoms with van der Waals surface area (Å²) in [7, 11) is 0. The van der Waals surface area contributed by atoms with E-state index in [9.17, 15) is 0 Å². The molecule has 0 saturated carbocycles. The second-order valence-corrected chi connectivity index (χ2v) is 5.94. The largest absolute Gasteiger partial charge is 0.393 e. The second kappa shape index (κ2) is 6.20. The molecule has 0 aliphatic carbocycles. The molecule has 1 fully saturated rings. The van der Waals surface area contributed by atoms with Crippen molar-refractivity contribution in [1.29, 1.82) is 0 Å². The lowest BCUT2D eigenvalue weighted by Crippen LogP contribution is -2.37. The van der Waals surface area contributed by atoms with Crippen molar-refractivity contribution in [3.63, 3.8) is 0 Å². The van der Waals surface area contributed by atoms with E-state index in [1.54, 1.807) is 0 Å². The third kappa shape index (κ3) is 3.35. The van der Waals surface area contributed by atoms with Crippen LogP contribution in [-0.4, -0.2) is 23.0 Å². The molecule has 1 aliphatic heterocycles. The summed E-state index contributed by atoms with van der Waals surface area (Å²) in [5, 5.41) is 1.47. The van der Waals surface area contributed by atoms with Gasteiger partial charge < -0.3 is 5.73 Å². The third-order valence-electron chi connectivity index (χ3n) is 3.43. The smallest absolute Gasteiger partial charge is 0.0759 e. The minimum Gasteiger partial charge on any atom is -0.393 e. The van der Waals surface area contributed by atoms with Crippen LogP contribution in [0.3, 0.4) is 0 Å². The van der Waals surface area contributed by atoms with E-state index in [4.69, 9.17) is 41.2 Å². The van der Waals surface area contributed by atoms with Crippen LogP contribution in [0.25, 0.3) is 0 Å². The Bertz CT molecular complexity index is 422. The zero-order chi connectivity index (χ0) is 13.1. The van der Waals surface area contributed by atoms with E-state index in [1.807, 2.05) is 18.2 Å². The number of nitrogens with two attached hydrogens (primary N) is 1. The molecule has 1 saturated heterocycles. The molecule has 0 aromatic heterocycles. The topological polar surface area (TPSA) is 29.3 Å². The van der Waals surface area contributed by atoms with Crippen molar-refractivity contribution in [2.45, 2.75) is 19.4 Å². The van der Waals surface area contributed by atoms with Crippen molar-refractivity contribution in [3.8, 4) is 0 Å². The highest BCUT2D eigenvalue weighted by atomic mass is 35.5. The Hall–Kier alpha value is -0.350. The molecule has 0 atom stereocenters. The molecular weight excluding hydrogens is 287 g/mol. The van der Waals surface area contributed by atoms with E-state index < -0.39 is 0 Å². The number of nitrogens with zero attached hydrogens (tertiary/aromatic N) is 1. The van der Waals surface area contributed by atoms with E-state index >= 15 is 0 Å². The number of piperidine rings is 1. The Kier molecular flexibility index (Phi) is 4.84. The summed E-state index contributed by atoms with van der Waals surface area (Å²) >= 11 is 17.4. The summed E-state index contributed by atoms with van der Waals surface area (Å²) in [5.41, 5.74) is 6.69. The summed E-state index contributed by atoms with van der Waals surface area (Å²) < 4.78 is 0. The number of thiocarbonyl (C=S) groups is 1. The van der Waals surface area contributed by atoms with Crippen LogP contribution in [0.2, 0.25) is 10.0 Å². The first kappa shape index (κ1) is 14.1. The normalized spacial score (nSPS) is 17.9. The number of halogens is 2. The van der Waals surface area contributed by atoms with Gasteiger partial charge in [-0.25, -0.2) is 0 Å². The average molecular weight is 303 g/mol. The molecule has 0 radical (unpaired) electrons. The minimum absolute atomic E-state index is 0.387. The third-order valence-corrected chi connectivity index (χ3v) is 4.47. The van der Waals surface area contributed by atoms with Crippen molar-refractivity contribution in [1.82, 2.24) is 4.90 Å². The maximum Gasteiger partial charge on any atom is 0.0759 e. The van der Waals surface area contributed by atoms with Gasteiger partial charge in [-0.15, -0.1) is 0 Å². The van der Waals surface area contributed by atoms with Gasteiger partial charge in [-0.2, -0.15) is 0 Å². The zero-order valence-electron chi connectivity index (χ0n) is 10.0. The Labute approximate surface area is 123 Å². The van der Waals surface area contributed by atoms with Crippen LogP contribution in [0.4, 0.5) is 0 Å². The average Bonchev–Trinajstić information content (AvgIpc) is 2.34. The summed E-state index contributed by atoms with van der Waals surface area (Å²) in [6, 6.07) is 5.63. The quantitative estimate of drug-likeness (QED) is 0.867. The highest BCUT2D eigenvalue weighted by Crippen LogP contribution is 2.27. The number of rotatable bonds is 3. The molecule has 1 aromatic rings. The van der Waals surface area contributed by atoms with Crippen LogP contribution in [-0.2, 0) is 6.54 Å². The molecule has 5 heteroatoms. The van der Waals surface area contributed by atoms with Gasteiger partial charge >= 0.3 is 0 Å². The first-order valence-corrected chi connectivity index (χ1v) is 7.19. The first-order valence-electron chi connectivity index (χ1n) is 6.02. The fraction of sp³-hybridized carbons (Fsp3) is 0.462. The van der Waals surface area contributed by atoms with Crippen LogP contribution in [0.1, 0.15) is 18.4 Å². The highest BCUT2D eigenvalue weighted by Gasteiger charge is 2.22. The molecule has 18 heavy (non-hydrogen) atoms. The van der Waals surface area contributed by atoms with Gasteiger partial charge in [0.05, 0.1) is 4.99 Å². The fourth-order valence-electron chi connectivity index (χ4n) is 2.28. The van der Waals surface area contributed by atoms with Crippen molar-refractivity contribution in [2.24, 2.45) is 11.7 Å².